The van der Waals surface area contributed by atoms with E-state index in [-0.39, 0.29) is 35.9 Å². The molecule has 8 nitrogen and oxygen atoms in total. The Balaban J connectivity index is 1.22. The number of ether oxygens (including phenoxy) is 2. The third-order valence-electron chi connectivity index (χ3n) is 10.1. The number of H-pyrrole nitrogens is 2. The predicted molar refractivity (Wildman–Crippen MR) is 200 cm³/mol. The SMILES string of the molecule is CC(C)(C)OC(=O)N1CCC[C@H]1Cc1c(-c2ccc(-c3[nH]c4cc(F)ccc4c3C[C@@H]3CCCN3C(=O)OC(C)(C)C)cc2)[nH]c2cc(F)ccc12. The normalized spacial score (nSPS) is 18.2. The van der Waals surface area contributed by atoms with Crippen molar-refractivity contribution in [2.24, 2.45) is 0 Å². The monoisotopic (exact) mass is 710 g/mol. The molecule has 0 saturated carbocycles. The van der Waals surface area contributed by atoms with E-state index in [0.717, 1.165) is 70.1 Å². The van der Waals surface area contributed by atoms with Crippen LogP contribution in [0.4, 0.5) is 18.4 Å². The molecule has 2 atom stereocenters. The number of aromatic nitrogens is 2. The summed E-state index contributed by atoms with van der Waals surface area (Å²) in [5.41, 5.74) is 5.85. The van der Waals surface area contributed by atoms with Crippen LogP contribution in [0.3, 0.4) is 0 Å². The molecule has 7 rings (SSSR count). The van der Waals surface area contributed by atoms with Crippen LogP contribution in [0.5, 0.6) is 0 Å². The molecule has 2 aromatic heterocycles. The van der Waals surface area contributed by atoms with Crippen molar-refractivity contribution in [3.63, 3.8) is 0 Å². The highest BCUT2D eigenvalue weighted by Gasteiger charge is 2.35. The van der Waals surface area contributed by atoms with Crippen molar-refractivity contribution in [2.45, 2.75) is 103 Å². The largest absolute Gasteiger partial charge is 0.444 e. The lowest BCUT2D eigenvalue weighted by Crippen LogP contribution is -2.40. The fourth-order valence-corrected chi connectivity index (χ4v) is 7.86. The number of rotatable bonds is 6. The maximum atomic E-state index is 14.4. The van der Waals surface area contributed by atoms with Crippen LogP contribution in [0.1, 0.15) is 78.4 Å². The van der Waals surface area contributed by atoms with Gasteiger partial charge in [0, 0.05) is 58.4 Å². The standard InChI is InChI=1S/C42H48F2N4O4/c1-41(2,3)51-39(49)47-19-7-9-29(47)23-33-31-17-15-27(43)21-35(31)45-37(33)25-11-13-26(14-12-25)38-34(32-18-16-28(44)22-36(32)46-38)24-30-10-8-20-48(30)40(50)52-42(4,5)6/h11-18,21-22,29-30,45-46H,7-10,19-20,23-24H2,1-6H3/t29-,30-/m0/s1. The van der Waals surface area contributed by atoms with Gasteiger partial charge in [-0.3, -0.25) is 0 Å². The zero-order chi connectivity index (χ0) is 36.9. The number of carbonyl (C=O) groups is 2. The van der Waals surface area contributed by atoms with E-state index in [1.54, 1.807) is 12.1 Å². The number of hydrogen-bond acceptors (Lipinski definition) is 4. The van der Waals surface area contributed by atoms with Crippen molar-refractivity contribution >= 4 is 34.0 Å². The van der Waals surface area contributed by atoms with Gasteiger partial charge in [0.25, 0.3) is 0 Å². The highest BCUT2D eigenvalue weighted by atomic mass is 19.1. The zero-order valence-electron chi connectivity index (χ0n) is 30.9. The summed E-state index contributed by atoms with van der Waals surface area (Å²) in [4.78, 5) is 36.9. The van der Waals surface area contributed by atoms with Gasteiger partial charge in [0.2, 0.25) is 0 Å². The van der Waals surface area contributed by atoms with Crippen LogP contribution >= 0.6 is 0 Å². The van der Waals surface area contributed by atoms with Crippen molar-refractivity contribution < 1.29 is 27.8 Å². The highest BCUT2D eigenvalue weighted by Crippen LogP contribution is 2.38. The summed E-state index contributed by atoms with van der Waals surface area (Å²) in [6, 6.07) is 17.6. The van der Waals surface area contributed by atoms with E-state index in [1.807, 2.05) is 75.6 Å². The lowest BCUT2D eigenvalue weighted by molar-refractivity contribution is 0.0216. The molecule has 5 aromatic rings. The Morgan fingerprint density at radius 2 is 1.04 bits per heavy atom. The van der Waals surface area contributed by atoms with E-state index in [1.165, 1.54) is 24.3 Å². The van der Waals surface area contributed by atoms with Gasteiger partial charge in [0.05, 0.1) is 0 Å². The summed E-state index contributed by atoms with van der Waals surface area (Å²) < 4.78 is 40.4. The van der Waals surface area contributed by atoms with Gasteiger partial charge >= 0.3 is 12.2 Å². The first-order valence-corrected chi connectivity index (χ1v) is 18.3. The van der Waals surface area contributed by atoms with Crippen LogP contribution in [0.2, 0.25) is 0 Å². The molecule has 2 fully saturated rings. The number of fused-ring (bicyclic) bond motifs is 2. The van der Waals surface area contributed by atoms with Gasteiger partial charge < -0.3 is 29.2 Å². The number of amides is 2. The van der Waals surface area contributed by atoms with E-state index in [4.69, 9.17) is 9.47 Å². The molecule has 2 N–H and O–H groups in total. The molecule has 0 aliphatic carbocycles. The van der Waals surface area contributed by atoms with Crippen molar-refractivity contribution in [1.82, 2.24) is 19.8 Å². The number of halogens is 2. The Hall–Kier alpha value is -4.86. The summed E-state index contributed by atoms with van der Waals surface area (Å²) >= 11 is 0. The molecule has 2 aliphatic heterocycles. The number of likely N-dealkylation sites (tertiary alicyclic amines) is 2. The van der Waals surface area contributed by atoms with Crippen LogP contribution in [-0.4, -0.2) is 68.3 Å². The second kappa shape index (κ2) is 13.6. The smallest absolute Gasteiger partial charge is 0.410 e. The number of carbonyl (C=O) groups excluding carboxylic acids is 2. The Morgan fingerprint density at radius 1 is 0.654 bits per heavy atom. The minimum Gasteiger partial charge on any atom is -0.444 e. The van der Waals surface area contributed by atoms with Gasteiger partial charge in [-0.2, -0.15) is 0 Å². The highest BCUT2D eigenvalue weighted by molar-refractivity contribution is 5.93. The fraction of sp³-hybridized carbons (Fsp3) is 0.429. The van der Waals surface area contributed by atoms with Crippen molar-refractivity contribution in [3.8, 4) is 22.5 Å². The molecular weight excluding hydrogens is 662 g/mol. The second-order valence-corrected chi connectivity index (χ2v) is 16.3. The van der Waals surface area contributed by atoms with Gasteiger partial charge in [-0.15, -0.1) is 0 Å². The molecule has 2 saturated heterocycles. The average molecular weight is 711 g/mol. The van der Waals surface area contributed by atoms with Crippen molar-refractivity contribution in [1.29, 1.82) is 0 Å². The van der Waals surface area contributed by atoms with E-state index in [0.29, 0.717) is 37.0 Å². The topological polar surface area (TPSA) is 90.7 Å². The second-order valence-electron chi connectivity index (χ2n) is 16.3. The van der Waals surface area contributed by atoms with Crippen LogP contribution in [-0.2, 0) is 22.3 Å². The molecule has 2 amide bonds. The van der Waals surface area contributed by atoms with E-state index < -0.39 is 11.2 Å². The summed E-state index contributed by atoms with van der Waals surface area (Å²) in [7, 11) is 0. The van der Waals surface area contributed by atoms with Gasteiger partial charge in [0.1, 0.15) is 22.8 Å². The summed E-state index contributed by atoms with van der Waals surface area (Å²) in [5.74, 6) is -0.651. The quantitative estimate of drug-likeness (QED) is 0.184. The molecule has 0 unspecified atom stereocenters. The summed E-state index contributed by atoms with van der Waals surface area (Å²) in [6.07, 6.45) is 4.03. The lowest BCUT2D eigenvalue weighted by atomic mass is 9.95. The first kappa shape index (κ1) is 35.5. The Kier molecular flexibility index (Phi) is 9.30. The number of aromatic amines is 2. The molecule has 2 aliphatic rings. The van der Waals surface area contributed by atoms with Gasteiger partial charge in [0.15, 0.2) is 0 Å². The molecule has 3 aromatic carbocycles. The maximum Gasteiger partial charge on any atom is 0.410 e. The van der Waals surface area contributed by atoms with Gasteiger partial charge in [-0.05, 0) is 139 Å². The molecule has 0 bridgehead atoms. The van der Waals surface area contributed by atoms with Crippen LogP contribution < -0.4 is 0 Å². The summed E-state index contributed by atoms with van der Waals surface area (Å²) in [6.45, 7) is 12.5. The summed E-state index contributed by atoms with van der Waals surface area (Å²) in [5, 5.41) is 1.84. The van der Waals surface area contributed by atoms with E-state index in [9.17, 15) is 18.4 Å². The van der Waals surface area contributed by atoms with Crippen LogP contribution in [0.15, 0.2) is 60.7 Å². The first-order valence-electron chi connectivity index (χ1n) is 18.3. The van der Waals surface area contributed by atoms with E-state index >= 15 is 0 Å². The van der Waals surface area contributed by atoms with Crippen molar-refractivity contribution in [3.05, 3.63) is 83.4 Å². The Labute approximate surface area is 303 Å². The molecule has 0 spiro atoms. The molecule has 0 radical (unpaired) electrons. The number of nitrogens with one attached hydrogen (secondary N) is 2. The molecule has 10 heteroatoms. The van der Waals surface area contributed by atoms with Crippen molar-refractivity contribution in [2.75, 3.05) is 13.1 Å². The first-order chi connectivity index (χ1) is 24.6. The fourth-order valence-electron chi connectivity index (χ4n) is 7.86. The Morgan fingerprint density at radius 3 is 1.40 bits per heavy atom. The van der Waals surface area contributed by atoms with Crippen LogP contribution in [0.25, 0.3) is 44.3 Å². The molecule has 274 valence electrons. The van der Waals surface area contributed by atoms with E-state index in [2.05, 4.69) is 9.97 Å². The minimum absolute atomic E-state index is 0.0536. The number of benzene rings is 3. The molecular formula is C42H48F2N4O4. The Bertz CT molecular complexity index is 1970. The predicted octanol–water partition coefficient (Wildman–Crippen LogP) is 10.1. The lowest BCUT2D eigenvalue weighted by Gasteiger charge is -2.29. The average Bonchev–Trinajstić information content (AvgIpc) is 3.86. The molecule has 52 heavy (non-hydrogen) atoms. The maximum absolute atomic E-state index is 14.4. The minimum atomic E-state index is -0.594. The zero-order valence-corrected chi connectivity index (χ0v) is 30.9. The van der Waals surface area contributed by atoms with Crippen LogP contribution in [0, 0.1) is 11.6 Å². The van der Waals surface area contributed by atoms with Gasteiger partial charge in [-0.1, -0.05) is 24.3 Å². The third-order valence-corrected chi connectivity index (χ3v) is 10.1. The van der Waals surface area contributed by atoms with Gasteiger partial charge in [-0.25, -0.2) is 18.4 Å². The number of hydrogen-bond donors (Lipinski definition) is 2. The molecule has 4 heterocycles. The number of nitrogens with zero attached hydrogens (tertiary/aromatic N) is 2. The third kappa shape index (κ3) is 7.38.